The summed E-state index contributed by atoms with van der Waals surface area (Å²) in [6.07, 6.45) is 5.35. The number of anilines is 1. The van der Waals surface area contributed by atoms with Crippen molar-refractivity contribution in [3.63, 3.8) is 0 Å². The fraction of sp³-hybridized carbons (Fsp3) is 0.812. The Bertz CT molecular complexity index is 586. The Labute approximate surface area is 153 Å². The van der Waals surface area contributed by atoms with Gasteiger partial charge in [-0.25, -0.2) is 0 Å². The number of carbonyl (C=O) groups is 1. The quantitative estimate of drug-likeness (QED) is 0.730. The third-order valence-corrected chi connectivity index (χ3v) is 5.30. The number of nitrogen functional groups attached to an aromatic ring is 1. The number of piperidine rings is 1. The van der Waals surface area contributed by atoms with Crippen LogP contribution in [0.2, 0.25) is 0 Å². The average molecular weight is 372 g/mol. The monoisotopic (exact) mass is 371 g/mol. The molecule has 1 atom stereocenters. The number of amides is 1. The Balaban J connectivity index is 2.12. The van der Waals surface area contributed by atoms with Crippen molar-refractivity contribution in [3.8, 4) is 0 Å². The normalized spacial score (nSPS) is 21.8. The average Bonchev–Trinajstić information content (AvgIpc) is 2.91. The van der Waals surface area contributed by atoms with Crippen molar-refractivity contribution in [2.75, 3.05) is 17.7 Å². The molecule has 2 heterocycles. The highest BCUT2D eigenvalue weighted by Gasteiger charge is 2.47. The van der Waals surface area contributed by atoms with Gasteiger partial charge in [0.25, 0.3) is 24.0 Å². The van der Waals surface area contributed by atoms with Crippen LogP contribution in [0.15, 0.2) is 10.7 Å². The summed E-state index contributed by atoms with van der Waals surface area (Å²) in [6, 6.07) is -0.547. The maximum atomic E-state index is 12.9. The van der Waals surface area contributed by atoms with E-state index < -0.39 is 17.1 Å². The summed E-state index contributed by atoms with van der Waals surface area (Å²) in [6.45, 7) is 7.66. The highest BCUT2D eigenvalue weighted by molar-refractivity contribution is 7.98. The first-order chi connectivity index (χ1) is 11.6. The molecule has 1 aromatic rings. The van der Waals surface area contributed by atoms with E-state index in [2.05, 4.69) is 10.6 Å². The Kier molecular flexibility index (Phi) is 6.01. The number of nitrogens with two attached hydrogens (primary N) is 1. The zero-order chi connectivity index (χ0) is 18.8. The number of carbonyl (C=O) groups excluding carboxylic acids is 1. The summed E-state index contributed by atoms with van der Waals surface area (Å²) in [5.41, 5.74) is 4.53. The van der Waals surface area contributed by atoms with Crippen LogP contribution in [0, 0.1) is 0 Å². The molecule has 1 aliphatic heterocycles. The molecule has 8 nitrogen and oxygen atoms in total. The van der Waals surface area contributed by atoms with Gasteiger partial charge >= 0.3 is 0 Å². The molecule has 1 amide bonds. The summed E-state index contributed by atoms with van der Waals surface area (Å²) in [5.74, 6) is 0.862. The van der Waals surface area contributed by atoms with Crippen molar-refractivity contribution < 1.29 is 19.2 Å². The van der Waals surface area contributed by atoms with Crippen LogP contribution in [-0.4, -0.2) is 45.4 Å². The zero-order valence-corrected chi connectivity index (χ0v) is 16.4. The molecule has 1 aliphatic rings. The van der Waals surface area contributed by atoms with Crippen LogP contribution in [0.3, 0.4) is 0 Å². The van der Waals surface area contributed by atoms with Crippen molar-refractivity contribution in [2.24, 2.45) is 0 Å². The smallest absolute Gasteiger partial charge is 0.293 e. The minimum atomic E-state index is -0.528. The van der Waals surface area contributed by atoms with Crippen LogP contribution >= 0.6 is 11.8 Å². The Hall–Kier alpha value is -1.32. The molecule has 141 valence electrons. The van der Waals surface area contributed by atoms with Crippen LogP contribution in [0.1, 0.15) is 53.0 Å². The van der Waals surface area contributed by atoms with E-state index >= 15 is 0 Å². The predicted octanol–water partition coefficient (Wildman–Crippen LogP) is 1.32. The van der Waals surface area contributed by atoms with Crippen LogP contribution in [-0.2, 0) is 10.0 Å². The second kappa shape index (κ2) is 7.51. The SMILES string of the molecule is CSCCC(C(=O)NC1CC(C)(C)N([O])C(C)(C)C1)[n+]1cc(N)on1. The van der Waals surface area contributed by atoms with Gasteiger partial charge < -0.3 is 11.1 Å². The number of hydroxylamine groups is 2. The number of nitrogens with zero attached hydrogens (tertiary/aromatic N) is 3. The number of nitrogens with one attached hydrogen (secondary N) is 1. The van der Waals surface area contributed by atoms with Crippen molar-refractivity contribution in [1.82, 2.24) is 15.7 Å². The maximum Gasteiger partial charge on any atom is 0.293 e. The third kappa shape index (κ3) is 4.65. The van der Waals surface area contributed by atoms with Gasteiger partial charge in [0.1, 0.15) is 0 Å². The van der Waals surface area contributed by atoms with Gasteiger partial charge in [-0.2, -0.15) is 11.8 Å². The topological polar surface area (TPSA) is 108 Å². The summed E-state index contributed by atoms with van der Waals surface area (Å²) in [7, 11) is 0. The molecule has 1 saturated heterocycles. The minimum Gasteiger partial charge on any atom is -0.362 e. The first-order valence-corrected chi connectivity index (χ1v) is 9.86. The van der Waals surface area contributed by atoms with Gasteiger partial charge in [0.15, 0.2) is 0 Å². The number of rotatable bonds is 6. The zero-order valence-electron chi connectivity index (χ0n) is 15.6. The molecule has 1 fully saturated rings. The van der Waals surface area contributed by atoms with E-state index in [9.17, 15) is 10.0 Å². The van der Waals surface area contributed by atoms with Gasteiger partial charge in [0.2, 0.25) is 5.27 Å². The Morgan fingerprint density at radius 3 is 2.56 bits per heavy atom. The van der Waals surface area contributed by atoms with E-state index in [0.717, 1.165) is 10.8 Å². The lowest BCUT2D eigenvalue weighted by molar-refractivity contribution is -0.773. The lowest BCUT2D eigenvalue weighted by Crippen LogP contribution is -2.63. The Morgan fingerprint density at radius 1 is 1.48 bits per heavy atom. The van der Waals surface area contributed by atoms with Crippen molar-refractivity contribution in [2.45, 2.75) is 70.1 Å². The van der Waals surface area contributed by atoms with Crippen molar-refractivity contribution in [1.29, 1.82) is 0 Å². The molecule has 25 heavy (non-hydrogen) atoms. The number of hydrogen-bond donors (Lipinski definition) is 2. The molecule has 0 spiro atoms. The van der Waals surface area contributed by atoms with Crippen molar-refractivity contribution in [3.05, 3.63) is 6.20 Å². The fourth-order valence-corrected chi connectivity index (χ4v) is 4.15. The molecule has 1 radical (unpaired) electrons. The summed E-state index contributed by atoms with van der Waals surface area (Å²) in [4.78, 5) is 12.9. The van der Waals surface area contributed by atoms with Gasteiger partial charge in [-0.3, -0.25) is 9.32 Å². The molecule has 3 N–H and O–H groups in total. The molecular weight excluding hydrogens is 342 g/mol. The van der Waals surface area contributed by atoms with Gasteiger partial charge in [0.05, 0.1) is 0 Å². The van der Waals surface area contributed by atoms with E-state index in [1.807, 2.05) is 34.0 Å². The van der Waals surface area contributed by atoms with Gasteiger partial charge in [-0.05, 0) is 57.2 Å². The highest BCUT2D eigenvalue weighted by atomic mass is 32.2. The summed E-state index contributed by atoms with van der Waals surface area (Å²) >= 11 is 1.66. The molecule has 9 heteroatoms. The van der Waals surface area contributed by atoms with E-state index in [1.54, 1.807) is 11.8 Å². The lowest BCUT2D eigenvalue weighted by Gasteiger charge is -2.50. The van der Waals surface area contributed by atoms with E-state index in [4.69, 9.17) is 10.3 Å². The van der Waals surface area contributed by atoms with Crippen molar-refractivity contribution >= 4 is 23.6 Å². The second-order valence-electron chi connectivity index (χ2n) is 7.91. The number of thioether (sulfide) groups is 1. The lowest BCUT2D eigenvalue weighted by atomic mass is 9.79. The maximum absolute atomic E-state index is 12.9. The number of hydrogen-bond acceptors (Lipinski definition) is 6. The largest absolute Gasteiger partial charge is 0.362 e. The summed E-state index contributed by atoms with van der Waals surface area (Å²) < 4.78 is 6.37. The first kappa shape index (κ1) is 20.0. The fourth-order valence-electron chi connectivity index (χ4n) is 3.69. The van der Waals surface area contributed by atoms with E-state index in [0.29, 0.717) is 19.3 Å². The molecule has 0 saturated carbocycles. The van der Waals surface area contributed by atoms with Gasteiger partial charge in [0, 0.05) is 23.5 Å². The predicted molar refractivity (Wildman–Crippen MR) is 95.0 cm³/mol. The molecule has 1 unspecified atom stereocenters. The molecular formula is C16H29N5O3S+. The molecule has 0 aromatic carbocycles. The molecule has 2 rings (SSSR count). The van der Waals surface area contributed by atoms with Crippen LogP contribution in [0.25, 0.3) is 0 Å². The minimum absolute atomic E-state index is 0.0654. The highest BCUT2D eigenvalue weighted by Crippen LogP contribution is 2.37. The molecule has 0 bridgehead atoms. The van der Waals surface area contributed by atoms with Gasteiger partial charge in [-0.1, -0.05) is 0 Å². The van der Waals surface area contributed by atoms with Gasteiger partial charge in [-0.15, -0.1) is 10.3 Å². The van der Waals surface area contributed by atoms with Crippen LogP contribution in [0.4, 0.5) is 5.88 Å². The van der Waals surface area contributed by atoms with Crippen LogP contribution < -0.4 is 15.7 Å². The molecule has 1 aromatic heterocycles. The van der Waals surface area contributed by atoms with E-state index in [1.165, 1.54) is 10.9 Å². The first-order valence-electron chi connectivity index (χ1n) is 8.47. The van der Waals surface area contributed by atoms with E-state index in [-0.39, 0.29) is 17.8 Å². The molecule has 0 aliphatic carbocycles. The van der Waals surface area contributed by atoms with Crippen LogP contribution in [0.5, 0.6) is 0 Å². The standard InChI is InChI=1S/C16H28N5O3S/c1-15(2)8-11(9-16(3,4)21(15)23)18-14(22)12(6-7-25-5)20-10-13(17)24-19-20/h10-12H,6-9H2,1-5H3,(H2-,17,18,19,22)/p+1. The summed E-state index contributed by atoms with van der Waals surface area (Å²) in [5, 5.41) is 20.6. The Morgan fingerprint density at radius 2 is 2.08 bits per heavy atom. The second-order valence-corrected chi connectivity index (χ2v) is 8.90. The third-order valence-electron chi connectivity index (χ3n) is 4.66. The number of aromatic nitrogens is 2.